The molecule has 6 rings (SSSR count). The second-order valence-corrected chi connectivity index (χ2v) is 9.15. The Hall–Kier alpha value is -4.24. The quantitative estimate of drug-likeness (QED) is 0.341. The van der Waals surface area contributed by atoms with E-state index in [4.69, 9.17) is 4.74 Å². The smallest absolute Gasteiger partial charge is 0.251 e. The van der Waals surface area contributed by atoms with Crippen molar-refractivity contribution in [3.05, 3.63) is 60.7 Å². The van der Waals surface area contributed by atoms with Crippen LogP contribution in [0, 0.1) is 0 Å². The number of carbonyl (C=O) groups is 1. The van der Waals surface area contributed by atoms with E-state index in [-0.39, 0.29) is 5.91 Å². The summed E-state index contributed by atoms with van der Waals surface area (Å²) in [5.41, 5.74) is 5.88. The van der Waals surface area contributed by atoms with Gasteiger partial charge in [0.1, 0.15) is 11.4 Å². The topological polar surface area (TPSA) is 110 Å². The predicted molar refractivity (Wildman–Crippen MR) is 139 cm³/mol. The van der Waals surface area contributed by atoms with E-state index in [1.54, 1.807) is 24.2 Å². The van der Waals surface area contributed by atoms with E-state index >= 15 is 0 Å². The van der Waals surface area contributed by atoms with Crippen molar-refractivity contribution in [2.45, 2.75) is 18.9 Å². The van der Waals surface area contributed by atoms with Gasteiger partial charge in [0.2, 0.25) is 0 Å². The number of aromatic nitrogens is 5. The third-order valence-electron chi connectivity index (χ3n) is 6.80. The minimum Gasteiger partial charge on any atom is -0.494 e. The zero-order valence-electron chi connectivity index (χ0n) is 20.2. The fraction of sp³-hybridized carbons (Fsp3) is 0.259. The van der Waals surface area contributed by atoms with Gasteiger partial charge in [0.05, 0.1) is 36.9 Å². The lowest BCUT2D eigenvalue weighted by Crippen LogP contribution is -2.37. The number of methoxy groups -OCH3 is 1. The Kier molecular flexibility index (Phi) is 5.61. The number of amides is 1. The number of hydrogen-bond donors (Lipinski definition) is 3. The lowest BCUT2D eigenvalue weighted by Gasteiger charge is -2.13. The number of ether oxygens (including phenoxy) is 1. The standard InChI is InChI=1S/C27H27N7O2/c1-34-15-18(11-32-34)21-10-20-22(13-29-21)33-26-25(20)24(23(36-2)14-30-26)16-5-7-17(8-6-16)27(35)31-12-19-4-3-9-28-19/h5-8,10-11,13-15,19,28H,3-4,9,12H2,1-2H3,(H,30,33)(H,31,35)/t19-/m0/s1. The van der Waals surface area contributed by atoms with Gasteiger partial charge in [-0.25, -0.2) is 4.98 Å². The maximum absolute atomic E-state index is 12.7. The Morgan fingerprint density at radius 2 is 2.03 bits per heavy atom. The molecule has 0 saturated carbocycles. The number of rotatable bonds is 6. The molecule has 1 saturated heterocycles. The van der Waals surface area contributed by atoms with Crippen LogP contribution in [0.25, 0.3) is 44.3 Å². The van der Waals surface area contributed by atoms with Crippen LogP contribution in [0.15, 0.2) is 55.1 Å². The average Bonchev–Trinajstić information content (AvgIpc) is 3.66. The first-order valence-corrected chi connectivity index (χ1v) is 12.1. The van der Waals surface area contributed by atoms with Gasteiger partial charge >= 0.3 is 0 Å². The molecule has 5 aromatic rings. The highest BCUT2D eigenvalue weighted by atomic mass is 16.5. The molecule has 0 unspecified atom stereocenters. The molecule has 0 spiro atoms. The number of aromatic amines is 1. The summed E-state index contributed by atoms with van der Waals surface area (Å²) in [6.45, 7) is 1.66. The summed E-state index contributed by atoms with van der Waals surface area (Å²) in [6, 6.07) is 10.0. The monoisotopic (exact) mass is 481 g/mol. The van der Waals surface area contributed by atoms with Crippen molar-refractivity contribution < 1.29 is 9.53 Å². The molecule has 1 amide bonds. The summed E-state index contributed by atoms with van der Waals surface area (Å²) in [6.07, 6.45) is 9.54. The van der Waals surface area contributed by atoms with Crippen LogP contribution in [-0.2, 0) is 7.05 Å². The minimum absolute atomic E-state index is 0.0682. The maximum Gasteiger partial charge on any atom is 0.251 e. The summed E-state index contributed by atoms with van der Waals surface area (Å²) >= 11 is 0. The van der Waals surface area contributed by atoms with Crippen molar-refractivity contribution in [2.75, 3.05) is 20.2 Å². The van der Waals surface area contributed by atoms with E-state index in [0.717, 1.165) is 63.7 Å². The third-order valence-corrected chi connectivity index (χ3v) is 6.80. The molecule has 1 aliphatic rings. The number of H-pyrrole nitrogens is 1. The highest BCUT2D eigenvalue weighted by Gasteiger charge is 2.19. The number of nitrogens with zero attached hydrogens (tertiary/aromatic N) is 4. The molecule has 3 N–H and O–H groups in total. The number of carbonyl (C=O) groups excluding carboxylic acids is 1. The Morgan fingerprint density at radius 1 is 1.17 bits per heavy atom. The van der Waals surface area contributed by atoms with E-state index < -0.39 is 0 Å². The van der Waals surface area contributed by atoms with Gasteiger partial charge in [0.25, 0.3) is 5.91 Å². The molecule has 0 aliphatic carbocycles. The summed E-state index contributed by atoms with van der Waals surface area (Å²) in [5.74, 6) is 0.592. The molecule has 1 fully saturated rings. The van der Waals surface area contributed by atoms with Crippen LogP contribution in [-0.4, -0.2) is 56.9 Å². The molecular formula is C27H27N7O2. The van der Waals surface area contributed by atoms with Gasteiger partial charge in [-0.15, -0.1) is 0 Å². The lowest BCUT2D eigenvalue weighted by atomic mass is 9.99. The Labute approximate surface area is 207 Å². The van der Waals surface area contributed by atoms with Crippen LogP contribution in [0.3, 0.4) is 0 Å². The highest BCUT2D eigenvalue weighted by Crippen LogP contribution is 2.40. The highest BCUT2D eigenvalue weighted by molar-refractivity contribution is 6.14. The van der Waals surface area contributed by atoms with Crippen molar-refractivity contribution >= 4 is 27.8 Å². The molecular weight excluding hydrogens is 454 g/mol. The summed E-state index contributed by atoms with van der Waals surface area (Å²) in [4.78, 5) is 25.3. The van der Waals surface area contributed by atoms with E-state index in [1.807, 2.05) is 43.7 Å². The largest absolute Gasteiger partial charge is 0.494 e. The first kappa shape index (κ1) is 22.2. The Bertz CT molecular complexity index is 1560. The van der Waals surface area contributed by atoms with Crippen molar-refractivity contribution in [2.24, 2.45) is 7.05 Å². The number of fused-ring (bicyclic) bond motifs is 3. The molecule has 1 atom stereocenters. The van der Waals surface area contributed by atoms with Gasteiger partial charge in [-0.3, -0.25) is 14.5 Å². The van der Waals surface area contributed by atoms with Gasteiger partial charge < -0.3 is 20.4 Å². The van der Waals surface area contributed by atoms with Gasteiger partial charge in [-0.05, 0) is 43.1 Å². The second-order valence-electron chi connectivity index (χ2n) is 9.15. The first-order valence-electron chi connectivity index (χ1n) is 12.1. The molecule has 1 aromatic carbocycles. The van der Waals surface area contributed by atoms with Gasteiger partial charge in [0.15, 0.2) is 0 Å². The number of hydrogen-bond acceptors (Lipinski definition) is 6. The second kappa shape index (κ2) is 9.09. The maximum atomic E-state index is 12.7. The van der Waals surface area contributed by atoms with Crippen molar-refractivity contribution in [3.63, 3.8) is 0 Å². The zero-order valence-corrected chi connectivity index (χ0v) is 20.2. The fourth-order valence-corrected chi connectivity index (χ4v) is 4.93. The summed E-state index contributed by atoms with van der Waals surface area (Å²) < 4.78 is 7.48. The minimum atomic E-state index is -0.0682. The summed E-state index contributed by atoms with van der Waals surface area (Å²) in [5, 5.41) is 12.7. The van der Waals surface area contributed by atoms with Gasteiger partial charge in [-0.1, -0.05) is 12.1 Å². The molecule has 0 radical (unpaired) electrons. The van der Waals surface area contributed by atoms with Crippen molar-refractivity contribution in [1.29, 1.82) is 0 Å². The van der Waals surface area contributed by atoms with E-state index in [2.05, 4.69) is 36.8 Å². The molecule has 0 bridgehead atoms. The number of pyridine rings is 2. The molecule has 9 heteroatoms. The fourth-order valence-electron chi connectivity index (χ4n) is 4.93. The van der Waals surface area contributed by atoms with E-state index in [1.165, 1.54) is 0 Å². The SMILES string of the molecule is COc1cnc2[nH]c3cnc(-c4cnn(C)c4)cc3c2c1-c1ccc(C(=O)NC[C@@H]2CCCN2)cc1. The molecule has 182 valence electrons. The number of nitrogens with one attached hydrogen (secondary N) is 3. The first-order chi connectivity index (χ1) is 17.6. The summed E-state index contributed by atoms with van der Waals surface area (Å²) in [7, 11) is 3.53. The van der Waals surface area contributed by atoms with Crippen LogP contribution in [0.4, 0.5) is 0 Å². The number of benzene rings is 1. The molecule has 36 heavy (non-hydrogen) atoms. The lowest BCUT2D eigenvalue weighted by molar-refractivity contribution is 0.0950. The van der Waals surface area contributed by atoms with E-state index in [0.29, 0.717) is 23.9 Å². The van der Waals surface area contributed by atoms with Crippen LogP contribution in [0.1, 0.15) is 23.2 Å². The van der Waals surface area contributed by atoms with Gasteiger partial charge in [0, 0.05) is 53.3 Å². The molecule has 4 aromatic heterocycles. The average molecular weight is 482 g/mol. The Morgan fingerprint density at radius 3 is 2.75 bits per heavy atom. The van der Waals surface area contributed by atoms with Crippen LogP contribution in [0.2, 0.25) is 0 Å². The molecule has 9 nitrogen and oxygen atoms in total. The van der Waals surface area contributed by atoms with Crippen LogP contribution in [0.5, 0.6) is 5.75 Å². The van der Waals surface area contributed by atoms with Crippen molar-refractivity contribution in [3.8, 4) is 28.1 Å². The van der Waals surface area contributed by atoms with Crippen LogP contribution < -0.4 is 15.4 Å². The Balaban J connectivity index is 1.40. The molecule has 5 heterocycles. The molecule has 1 aliphatic heterocycles. The zero-order chi connectivity index (χ0) is 24.6. The number of aryl methyl sites for hydroxylation is 1. The normalized spacial score (nSPS) is 15.6. The van der Waals surface area contributed by atoms with E-state index in [9.17, 15) is 4.79 Å². The predicted octanol–water partition coefficient (Wildman–Crippen LogP) is 3.67. The van der Waals surface area contributed by atoms with Crippen LogP contribution >= 0.6 is 0 Å². The van der Waals surface area contributed by atoms with Gasteiger partial charge in [-0.2, -0.15) is 5.10 Å². The van der Waals surface area contributed by atoms with Crippen molar-refractivity contribution in [1.82, 2.24) is 35.4 Å². The third kappa shape index (κ3) is 3.97.